The molecule has 154 valence electrons. The zero-order valence-electron chi connectivity index (χ0n) is 17.0. The first-order valence-corrected chi connectivity index (χ1v) is 9.33. The molecule has 0 aromatic heterocycles. The summed E-state index contributed by atoms with van der Waals surface area (Å²) in [5, 5.41) is 2.74. The largest absolute Gasteiger partial charge is 0.495 e. The van der Waals surface area contributed by atoms with Crippen LogP contribution in [0.5, 0.6) is 17.2 Å². The minimum Gasteiger partial charge on any atom is -0.495 e. The van der Waals surface area contributed by atoms with Crippen molar-refractivity contribution in [3.63, 3.8) is 0 Å². The predicted octanol–water partition coefficient (Wildman–Crippen LogP) is 3.56. The van der Waals surface area contributed by atoms with Crippen molar-refractivity contribution in [2.24, 2.45) is 0 Å². The van der Waals surface area contributed by atoms with Crippen molar-refractivity contribution in [2.45, 2.75) is 26.2 Å². The van der Waals surface area contributed by atoms with Crippen LogP contribution in [0.4, 0.5) is 5.69 Å². The number of benzene rings is 2. The molecule has 1 heterocycles. The predicted molar refractivity (Wildman–Crippen MR) is 108 cm³/mol. The standard InChI is InChI=1S/C22H25NO6/c1-22(2,3)15-6-8-17(26-4)16(12-15)23-20(24)13-29-21(25)14-5-7-18-19(11-14)28-10-9-27-18/h5-8,11-12H,9-10,13H2,1-4H3,(H,23,24). The van der Waals surface area contributed by atoms with E-state index < -0.39 is 18.5 Å². The number of carbonyl (C=O) groups is 2. The van der Waals surface area contributed by atoms with Gasteiger partial charge < -0.3 is 24.3 Å². The van der Waals surface area contributed by atoms with E-state index in [0.29, 0.717) is 36.1 Å². The molecule has 3 rings (SSSR count). The molecule has 0 saturated carbocycles. The first-order valence-electron chi connectivity index (χ1n) is 9.33. The minimum atomic E-state index is -0.618. The molecule has 0 radical (unpaired) electrons. The van der Waals surface area contributed by atoms with Crippen molar-refractivity contribution in [2.75, 3.05) is 32.2 Å². The number of fused-ring (bicyclic) bond motifs is 1. The van der Waals surface area contributed by atoms with Gasteiger partial charge in [-0.25, -0.2) is 4.79 Å². The van der Waals surface area contributed by atoms with E-state index in [2.05, 4.69) is 26.1 Å². The molecular formula is C22H25NO6. The number of rotatable bonds is 5. The highest BCUT2D eigenvalue weighted by Crippen LogP contribution is 2.32. The third-order valence-electron chi connectivity index (χ3n) is 4.45. The maximum atomic E-state index is 12.3. The van der Waals surface area contributed by atoms with E-state index in [1.807, 2.05) is 12.1 Å². The summed E-state index contributed by atoms with van der Waals surface area (Å²) in [7, 11) is 1.53. The fourth-order valence-corrected chi connectivity index (χ4v) is 2.84. The Kier molecular flexibility index (Phi) is 5.96. The van der Waals surface area contributed by atoms with Crippen LogP contribution in [0, 0.1) is 0 Å². The lowest BCUT2D eigenvalue weighted by atomic mass is 9.87. The summed E-state index contributed by atoms with van der Waals surface area (Å²) in [6.45, 7) is 6.71. The molecule has 1 aliphatic heterocycles. The van der Waals surface area contributed by atoms with Crippen LogP contribution in [0.15, 0.2) is 36.4 Å². The second-order valence-electron chi connectivity index (χ2n) is 7.65. The molecule has 1 aliphatic rings. The topological polar surface area (TPSA) is 83.1 Å². The van der Waals surface area contributed by atoms with Gasteiger partial charge in [0.05, 0.1) is 18.4 Å². The fourth-order valence-electron chi connectivity index (χ4n) is 2.84. The molecular weight excluding hydrogens is 374 g/mol. The number of carbonyl (C=O) groups excluding carboxylic acids is 2. The molecule has 0 spiro atoms. The van der Waals surface area contributed by atoms with Crippen LogP contribution in [0.25, 0.3) is 0 Å². The van der Waals surface area contributed by atoms with E-state index in [-0.39, 0.29) is 11.0 Å². The molecule has 0 bridgehead atoms. The summed E-state index contributed by atoms with van der Waals surface area (Å²) in [6, 6.07) is 10.4. The van der Waals surface area contributed by atoms with Crippen LogP contribution in [0.1, 0.15) is 36.7 Å². The zero-order valence-corrected chi connectivity index (χ0v) is 17.0. The van der Waals surface area contributed by atoms with Gasteiger partial charge in [-0.05, 0) is 41.3 Å². The molecule has 0 atom stereocenters. The average molecular weight is 399 g/mol. The van der Waals surface area contributed by atoms with Crippen molar-refractivity contribution >= 4 is 17.6 Å². The number of hydrogen-bond donors (Lipinski definition) is 1. The van der Waals surface area contributed by atoms with Crippen molar-refractivity contribution < 1.29 is 28.5 Å². The highest BCUT2D eigenvalue weighted by Gasteiger charge is 2.19. The molecule has 2 aromatic carbocycles. The monoisotopic (exact) mass is 399 g/mol. The number of amides is 1. The second kappa shape index (κ2) is 8.43. The van der Waals surface area contributed by atoms with E-state index in [1.165, 1.54) is 7.11 Å². The molecule has 1 N–H and O–H groups in total. The van der Waals surface area contributed by atoms with Crippen molar-refractivity contribution in [3.05, 3.63) is 47.5 Å². The molecule has 29 heavy (non-hydrogen) atoms. The van der Waals surface area contributed by atoms with E-state index >= 15 is 0 Å². The number of nitrogens with one attached hydrogen (secondary N) is 1. The summed E-state index contributed by atoms with van der Waals surface area (Å²) >= 11 is 0. The molecule has 0 saturated heterocycles. The van der Waals surface area contributed by atoms with Crippen molar-refractivity contribution in [1.82, 2.24) is 0 Å². The van der Waals surface area contributed by atoms with Gasteiger partial charge in [0.2, 0.25) is 0 Å². The Morgan fingerprint density at radius 2 is 1.76 bits per heavy atom. The van der Waals surface area contributed by atoms with Crippen LogP contribution in [0.3, 0.4) is 0 Å². The summed E-state index contributed by atoms with van der Waals surface area (Å²) in [6.07, 6.45) is 0. The molecule has 2 aromatic rings. The normalized spacial score (nSPS) is 12.8. The zero-order chi connectivity index (χ0) is 21.0. The Hall–Kier alpha value is -3.22. The van der Waals surface area contributed by atoms with Crippen LogP contribution in [-0.4, -0.2) is 38.8 Å². The fraction of sp³-hybridized carbons (Fsp3) is 0.364. The first kappa shape index (κ1) is 20.5. The maximum Gasteiger partial charge on any atom is 0.338 e. The molecule has 0 fully saturated rings. The Labute approximate surface area is 169 Å². The highest BCUT2D eigenvalue weighted by atomic mass is 16.6. The first-order chi connectivity index (χ1) is 13.8. The van der Waals surface area contributed by atoms with E-state index in [1.54, 1.807) is 24.3 Å². The van der Waals surface area contributed by atoms with E-state index in [4.69, 9.17) is 18.9 Å². The van der Waals surface area contributed by atoms with Gasteiger partial charge in [0.1, 0.15) is 19.0 Å². The molecule has 7 nitrogen and oxygen atoms in total. The summed E-state index contributed by atoms with van der Waals surface area (Å²) in [5.41, 5.74) is 1.77. The number of esters is 1. The van der Waals surface area contributed by atoms with Crippen LogP contribution < -0.4 is 19.5 Å². The van der Waals surface area contributed by atoms with E-state index in [9.17, 15) is 9.59 Å². The smallest absolute Gasteiger partial charge is 0.338 e. The van der Waals surface area contributed by atoms with Gasteiger partial charge in [0, 0.05) is 0 Å². The van der Waals surface area contributed by atoms with Crippen molar-refractivity contribution in [1.29, 1.82) is 0 Å². The van der Waals surface area contributed by atoms with Crippen LogP contribution in [0.2, 0.25) is 0 Å². The van der Waals surface area contributed by atoms with Gasteiger partial charge >= 0.3 is 5.97 Å². The quantitative estimate of drug-likeness (QED) is 0.774. The van der Waals surface area contributed by atoms with Gasteiger partial charge in [-0.15, -0.1) is 0 Å². The number of hydrogen-bond acceptors (Lipinski definition) is 6. The lowest BCUT2D eigenvalue weighted by Gasteiger charge is -2.21. The number of methoxy groups -OCH3 is 1. The van der Waals surface area contributed by atoms with Gasteiger partial charge in [-0.2, -0.15) is 0 Å². The Balaban J connectivity index is 1.63. The lowest BCUT2D eigenvalue weighted by Crippen LogP contribution is -2.22. The third-order valence-corrected chi connectivity index (χ3v) is 4.45. The average Bonchev–Trinajstić information content (AvgIpc) is 2.71. The molecule has 7 heteroatoms. The summed E-state index contributed by atoms with van der Waals surface area (Å²) in [5.74, 6) is 0.521. The number of ether oxygens (including phenoxy) is 4. The SMILES string of the molecule is COc1ccc(C(C)(C)C)cc1NC(=O)COC(=O)c1ccc2c(c1)OCCO2. The Morgan fingerprint density at radius 1 is 1.03 bits per heavy atom. The molecule has 0 aliphatic carbocycles. The van der Waals surface area contributed by atoms with Crippen molar-refractivity contribution in [3.8, 4) is 17.2 Å². The molecule has 0 unspecified atom stereocenters. The van der Waals surface area contributed by atoms with Gasteiger partial charge in [0.15, 0.2) is 18.1 Å². The summed E-state index contributed by atoms with van der Waals surface area (Å²) < 4.78 is 21.3. The Bertz CT molecular complexity index is 916. The second-order valence-corrected chi connectivity index (χ2v) is 7.65. The number of anilines is 1. The summed E-state index contributed by atoms with van der Waals surface area (Å²) in [4.78, 5) is 24.6. The van der Waals surface area contributed by atoms with Crippen LogP contribution in [-0.2, 0) is 14.9 Å². The third kappa shape index (κ3) is 4.99. The Morgan fingerprint density at radius 3 is 2.45 bits per heavy atom. The maximum absolute atomic E-state index is 12.3. The molecule has 1 amide bonds. The van der Waals surface area contributed by atoms with Gasteiger partial charge in [-0.1, -0.05) is 26.8 Å². The van der Waals surface area contributed by atoms with Gasteiger partial charge in [0.25, 0.3) is 5.91 Å². The highest BCUT2D eigenvalue weighted by molar-refractivity contribution is 5.96. The van der Waals surface area contributed by atoms with Gasteiger partial charge in [-0.3, -0.25) is 4.79 Å². The minimum absolute atomic E-state index is 0.0869. The van der Waals surface area contributed by atoms with Crippen LogP contribution >= 0.6 is 0 Å². The van der Waals surface area contributed by atoms with E-state index in [0.717, 1.165) is 5.56 Å². The lowest BCUT2D eigenvalue weighted by molar-refractivity contribution is -0.119.